The zero-order valence-electron chi connectivity index (χ0n) is 16.6. The number of thioether (sulfide) groups is 1. The van der Waals surface area contributed by atoms with E-state index in [0.29, 0.717) is 38.0 Å². The topological polar surface area (TPSA) is 70.0 Å². The number of hydrogen-bond donors (Lipinski definition) is 1. The number of nitriles is 1. The Bertz CT molecular complexity index is 1170. The molecule has 31 heavy (non-hydrogen) atoms. The zero-order valence-corrected chi connectivity index (χ0v) is 19.0. The van der Waals surface area contributed by atoms with Gasteiger partial charge in [-0.25, -0.2) is 4.39 Å². The first-order chi connectivity index (χ1) is 14.7. The fraction of sp³-hybridized carbons (Fsp3) is 0.174. The summed E-state index contributed by atoms with van der Waals surface area (Å²) in [7, 11) is 0. The van der Waals surface area contributed by atoms with E-state index in [0.717, 1.165) is 11.8 Å². The van der Waals surface area contributed by atoms with E-state index in [-0.39, 0.29) is 22.3 Å². The molecule has 1 atom stereocenters. The van der Waals surface area contributed by atoms with E-state index >= 15 is 0 Å². The van der Waals surface area contributed by atoms with Crippen LogP contribution in [0.5, 0.6) is 0 Å². The van der Waals surface area contributed by atoms with Crippen LogP contribution in [0.1, 0.15) is 35.7 Å². The molecule has 8 heteroatoms. The lowest BCUT2D eigenvalue weighted by Crippen LogP contribution is -2.27. The number of rotatable bonds is 6. The number of hydrogen-bond acceptors (Lipinski definition) is 5. The monoisotopic (exact) mass is 474 g/mol. The lowest BCUT2D eigenvalue weighted by molar-refractivity contribution is -0.113. The fourth-order valence-electron chi connectivity index (χ4n) is 3.41. The second-order valence-corrected chi connectivity index (χ2v) is 8.72. The van der Waals surface area contributed by atoms with Crippen LogP contribution < -0.4 is 5.32 Å². The van der Waals surface area contributed by atoms with Crippen molar-refractivity contribution in [2.24, 2.45) is 0 Å². The molecule has 1 N–H and O–H groups in total. The quantitative estimate of drug-likeness (QED) is 0.517. The highest BCUT2D eigenvalue weighted by molar-refractivity contribution is 8.03. The molecule has 158 valence electrons. The number of carbonyl (C=O) groups excluding carboxylic acids is 2. The van der Waals surface area contributed by atoms with Gasteiger partial charge in [0.15, 0.2) is 11.6 Å². The average Bonchev–Trinajstić information content (AvgIpc) is 2.71. The maximum atomic E-state index is 13.4. The highest BCUT2D eigenvalue weighted by Crippen LogP contribution is 2.41. The summed E-state index contributed by atoms with van der Waals surface area (Å²) in [6, 6.07) is 12.5. The molecule has 1 aliphatic rings. The average molecular weight is 475 g/mol. The van der Waals surface area contributed by atoms with Crippen molar-refractivity contribution in [3.63, 3.8) is 0 Å². The molecule has 2 aromatic rings. The molecule has 4 nitrogen and oxygen atoms in total. The molecule has 0 saturated heterocycles. The summed E-state index contributed by atoms with van der Waals surface area (Å²) in [5, 5.41) is 14.1. The summed E-state index contributed by atoms with van der Waals surface area (Å²) in [5.74, 6) is -1.46. The number of nitrogens with one attached hydrogen (secondary N) is 1. The molecule has 0 saturated carbocycles. The third-order valence-electron chi connectivity index (χ3n) is 4.81. The van der Waals surface area contributed by atoms with Crippen molar-refractivity contribution in [2.45, 2.75) is 19.8 Å². The van der Waals surface area contributed by atoms with Crippen LogP contribution in [-0.4, -0.2) is 17.3 Å². The van der Waals surface area contributed by atoms with Crippen molar-refractivity contribution >= 4 is 46.5 Å². The standard InChI is InChI=1S/C23H17Cl2FN2O2S/c1-12-21(13(2)29)22(14-3-6-16(26)7-4-14)18(10-27)23(28-12)31-11-20(30)17-8-5-15(24)9-19(17)25/h3-9,22,28H,11H2,1-2H3/t22-/m1/s1. The van der Waals surface area contributed by atoms with Crippen molar-refractivity contribution in [1.29, 1.82) is 5.26 Å². The molecule has 1 heterocycles. The number of allylic oxidation sites excluding steroid dienone is 3. The number of Topliss-reactive ketones (excluding diaryl/α,β-unsaturated/α-hetero) is 2. The second-order valence-electron chi connectivity index (χ2n) is 6.90. The number of carbonyl (C=O) groups is 2. The lowest BCUT2D eigenvalue weighted by atomic mass is 9.81. The smallest absolute Gasteiger partial charge is 0.174 e. The Balaban J connectivity index is 1.95. The van der Waals surface area contributed by atoms with Gasteiger partial charge in [-0.1, -0.05) is 47.1 Å². The van der Waals surface area contributed by atoms with E-state index < -0.39 is 11.7 Å². The molecule has 3 rings (SSSR count). The number of benzene rings is 2. The summed E-state index contributed by atoms with van der Waals surface area (Å²) in [4.78, 5) is 25.0. The van der Waals surface area contributed by atoms with Gasteiger partial charge in [0.25, 0.3) is 0 Å². The van der Waals surface area contributed by atoms with Gasteiger partial charge in [0.2, 0.25) is 0 Å². The molecule has 0 bridgehead atoms. The van der Waals surface area contributed by atoms with Gasteiger partial charge >= 0.3 is 0 Å². The summed E-state index contributed by atoms with van der Waals surface area (Å²) in [6.45, 7) is 3.16. The van der Waals surface area contributed by atoms with Crippen LogP contribution in [0.4, 0.5) is 4.39 Å². The number of halogens is 3. The molecule has 0 fully saturated rings. The number of ketones is 2. The maximum Gasteiger partial charge on any atom is 0.174 e. The Kier molecular flexibility index (Phi) is 7.22. The van der Waals surface area contributed by atoms with E-state index in [1.54, 1.807) is 31.2 Å². The van der Waals surface area contributed by atoms with Crippen LogP contribution in [0.2, 0.25) is 10.0 Å². The maximum absolute atomic E-state index is 13.4. The number of dihydropyridines is 1. The molecule has 0 unspecified atom stereocenters. The first-order valence-electron chi connectivity index (χ1n) is 9.22. The van der Waals surface area contributed by atoms with E-state index in [9.17, 15) is 19.2 Å². The summed E-state index contributed by atoms with van der Waals surface area (Å²) < 4.78 is 13.4. The molecule has 0 radical (unpaired) electrons. The fourth-order valence-corrected chi connectivity index (χ4v) is 4.90. The Labute approximate surface area is 193 Å². The Morgan fingerprint density at radius 2 is 1.87 bits per heavy atom. The molecular weight excluding hydrogens is 458 g/mol. The predicted octanol–water partition coefficient (Wildman–Crippen LogP) is 6.03. The first kappa shape index (κ1) is 23.1. The van der Waals surface area contributed by atoms with Crippen molar-refractivity contribution in [1.82, 2.24) is 5.32 Å². The minimum absolute atomic E-state index is 0.0215. The third-order valence-corrected chi connectivity index (χ3v) is 6.37. The van der Waals surface area contributed by atoms with Crippen LogP contribution in [0.15, 0.2) is 64.3 Å². The minimum atomic E-state index is -0.652. The highest BCUT2D eigenvalue weighted by Gasteiger charge is 2.33. The van der Waals surface area contributed by atoms with Crippen LogP contribution in [0.3, 0.4) is 0 Å². The summed E-state index contributed by atoms with van der Waals surface area (Å²) in [6.07, 6.45) is 0. The zero-order chi connectivity index (χ0) is 22.7. The van der Waals surface area contributed by atoms with Gasteiger partial charge in [0.1, 0.15) is 5.82 Å². The molecule has 0 amide bonds. The van der Waals surface area contributed by atoms with Gasteiger partial charge in [-0.05, 0) is 49.7 Å². The normalized spacial score (nSPS) is 16.1. The molecule has 0 spiro atoms. The number of nitrogens with zero attached hydrogens (tertiary/aromatic N) is 1. The largest absolute Gasteiger partial charge is 0.353 e. The van der Waals surface area contributed by atoms with Crippen molar-refractivity contribution in [3.05, 3.63) is 91.3 Å². The highest BCUT2D eigenvalue weighted by atomic mass is 35.5. The van der Waals surface area contributed by atoms with Crippen molar-refractivity contribution in [3.8, 4) is 6.07 Å². The molecule has 2 aromatic carbocycles. The van der Waals surface area contributed by atoms with E-state index in [2.05, 4.69) is 11.4 Å². The van der Waals surface area contributed by atoms with E-state index in [1.165, 1.54) is 25.1 Å². The van der Waals surface area contributed by atoms with Gasteiger partial charge in [0, 0.05) is 21.9 Å². The lowest BCUT2D eigenvalue weighted by Gasteiger charge is -2.29. The van der Waals surface area contributed by atoms with Crippen LogP contribution in [-0.2, 0) is 4.79 Å². The molecule has 1 aliphatic heterocycles. The minimum Gasteiger partial charge on any atom is -0.353 e. The van der Waals surface area contributed by atoms with Crippen molar-refractivity contribution in [2.75, 3.05) is 5.75 Å². The molecular formula is C23H17Cl2FN2O2S. The summed E-state index contributed by atoms with van der Waals surface area (Å²) >= 11 is 13.2. The third kappa shape index (κ3) is 5.01. The Morgan fingerprint density at radius 3 is 2.45 bits per heavy atom. The van der Waals surface area contributed by atoms with Gasteiger partial charge < -0.3 is 5.32 Å². The SMILES string of the molecule is CC(=O)C1=C(C)NC(SCC(=O)c2ccc(Cl)cc2Cl)=C(C#N)[C@H]1c1ccc(F)cc1. The van der Waals surface area contributed by atoms with Crippen LogP contribution in [0, 0.1) is 17.1 Å². The van der Waals surface area contributed by atoms with E-state index in [4.69, 9.17) is 23.2 Å². The van der Waals surface area contributed by atoms with Gasteiger partial charge in [0.05, 0.1) is 33.4 Å². The Hall–Kier alpha value is -2.59. The first-order valence-corrected chi connectivity index (χ1v) is 11.0. The predicted molar refractivity (Wildman–Crippen MR) is 122 cm³/mol. The van der Waals surface area contributed by atoms with Crippen LogP contribution >= 0.6 is 35.0 Å². The molecule has 0 aliphatic carbocycles. The van der Waals surface area contributed by atoms with Crippen LogP contribution in [0.25, 0.3) is 0 Å². The van der Waals surface area contributed by atoms with Crippen molar-refractivity contribution < 1.29 is 14.0 Å². The van der Waals surface area contributed by atoms with Gasteiger partial charge in [-0.15, -0.1) is 0 Å². The second kappa shape index (κ2) is 9.69. The summed E-state index contributed by atoms with van der Waals surface area (Å²) in [5.41, 5.74) is 2.26. The van der Waals surface area contributed by atoms with E-state index in [1.807, 2.05) is 0 Å². The van der Waals surface area contributed by atoms with Gasteiger partial charge in [-0.3, -0.25) is 9.59 Å². The molecule has 0 aromatic heterocycles. The Morgan fingerprint density at radius 1 is 1.19 bits per heavy atom. The van der Waals surface area contributed by atoms with Gasteiger partial charge in [-0.2, -0.15) is 5.26 Å².